The Morgan fingerprint density at radius 1 is 1.00 bits per heavy atom. The Hall–Kier alpha value is -2.37. The van der Waals surface area contributed by atoms with Crippen molar-refractivity contribution in [2.45, 2.75) is 44.7 Å². The number of hydrogen-bond donors (Lipinski definition) is 3. The summed E-state index contributed by atoms with van der Waals surface area (Å²) in [7, 11) is 0. The molecule has 1 fully saturated rings. The van der Waals surface area contributed by atoms with Gasteiger partial charge in [0.15, 0.2) is 0 Å². The molecule has 4 N–H and O–H groups in total. The Morgan fingerprint density at radius 3 is 2.19 bits per heavy atom. The molecule has 3 rings (SSSR count). The van der Waals surface area contributed by atoms with Crippen LogP contribution in [0.3, 0.4) is 0 Å². The maximum absolute atomic E-state index is 12.3. The lowest BCUT2D eigenvalue weighted by Crippen LogP contribution is -2.32. The van der Waals surface area contributed by atoms with Crippen molar-refractivity contribution in [3.8, 4) is 0 Å². The SMILES string of the molecule is Cc1ccc(C(N)C(=O)Nc2ccc(C(=O)NC3CCCC3)cc2)cc1.Cl. The quantitative estimate of drug-likeness (QED) is 0.730. The van der Waals surface area contributed by atoms with Gasteiger partial charge in [0.25, 0.3) is 5.91 Å². The fourth-order valence-electron chi connectivity index (χ4n) is 3.19. The summed E-state index contributed by atoms with van der Waals surface area (Å²) in [6.07, 6.45) is 4.46. The van der Waals surface area contributed by atoms with Crippen molar-refractivity contribution in [2.75, 3.05) is 5.32 Å². The fourth-order valence-corrected chi connectivity index (χ4v) is 3.19. The van der Waals surface area contributed by atoms with Crippen LogP contribution in [-0.2, 0) is 4.79 Å². The largest absolute Gasteiger partial charge is 0.349 e. The highest BCUT2D eigenvalue weighted by Gasteiger charge is 2.18. The van der Waals surface area contributed by atoms with E-state index in [9.17, 15) is 9.59 Å². The molecule has 1 saturated carbocycles. The van der Waals surface area contributed by atoms with Gasteiger partial charge in [-0.1, -0.05) is 42.7 Å². The van der Waals surface area contributed by atoms with Crippen LogP contribution in [0.25, 0.3) is 0 Å². The maximum Gasteiger partial charge on any atom is 0.251 e. The van der Waals surface area contributed by atoms with Crippen molar-refractivity contribution in [2.24, 2.45) is 5.73 Å². The van der Waals surface area contributed by atoms with Gasteiger partial charge < -0.3 is 16.4 Å². The van der Waals surface area contributed by atoms with E-state index in [1.807, 2.05) is 31.2 Å². The van der Waals surface area contributed by atoms with Crippen LogP contribution >= 0.6 is 12.4 Å². The molecule has 0 bridgehead atoms. The number of benzene rings is 2. The highest BCUT2D eigenvalue weighted by atomic mass is 35.5. The molecular formula is C21H26ClN3O2. The molecule has 0 spiro atoms. The summed E-state index contributed by atoms with van der Waals surface area (Å²) in [5.41, 5.74) is 9.13. The molecule has 1 aliphatic carbocycles. The molecule has 6 heteroatoms. The Bertz CT molecular complexity index is 769. The van der Waals surface area contributed by atoms with E-state index in [1.54, 1.807) is 24.3 Å². The third-order valence-electron chi connectivity index (χ3n) is 4.82. The summed E-state index contributed by atoms with van der Waals surface area (Å²) >= 11 is 0. The average Bonchev–Trinajstić information content (AvgIpc) is 3.15. The fraction of sp³-hybridized carbons (Fsp3) is 0.333. The summed E-state index contributed by atoms with van der Waals surface area (Å²) in [5, 5.41) is 5.85. The second kappa shape index (κ2) is 9.53. The number of hydrogen-bond acceptors (Lipinski definition) is 3. The van der Waals surface area contributed by atoms with Gasteiger partial charge >= 0.3 is 0 Å². The smallest absolute Gasteiger partial charge is 0.251 e. The second-order valence-corrected chi connectivity index (χ2v) is 6.91. The van der Waals surface area contributed by atoms with Crippen molar-refractivity contribution in [3.05, 3.63) is 65.2 Å². The normalized spacial score (nSPS) is 14.9. The van der Waals surface area contributed by atoms with Gasteiger partial charge in [0.05, 0.1) is 0 Å². The zero-order chi connectivity index (χ0) is 18.5. The molecule has 5 nitrogen and oxygen atoms in total. The number of rotatable bonds is 5. The third-order valence-corrected chi connectivity index (χ3v) is 4.82. The number of aryl methyl sites for hydroxylation is 1. The van der Waals surface area contributed by atoms with Crippen molar-refractivity contribution in [3.63, 3.8) is 0 Å². The Morgan fingerprint density at radius 2 is 1.59 bits per heavy atom. The van der Waals surface area contributed by atoms with Gasteiger partial charge in [-0.3, -0.25) is 9.59 Å². The number of amides is 2. The number of carbonyl (C=O) groups excluding carboxylic acids is 2. The van der Waals surface area contributed by atoms with Crippen molar-refractivity contribution >= 4 is 29.9 Å². The summed E-state index contributed by atoms with van der Waals surface area (Å²) in [5.74, 6) is -0.344. The molecule has 2 aromatic carbocycles. The molecule has 2 aromatic rings. The van der Waals surface area contributed by atoms with Crippen LogP contribution in [0.2, 0.25) is 0 Å². The molecule has 0 radical (unpaired) electrons. The van der Waals surface area contributed by atoms with Crippen molar-refractivity contribution < 1.29 is 9.59 Å². The Balaban J connectivity index is 0.00000261. The van der Waals surface area contributed by atoms with Crippen LogP contribution < -0.4 is 16.4 Å². The minimum atomic E-state index is -0.735. The van der Waals surface area contributed by atoms with E-state index in [1.165, 1.54) is 12.8 Å². The molecule has 0 aliphatic heterocycles. The molecule has 1 atom stereocenters. The maximum atomic E-state index is 12.3. The minimum Gasteiger partial charge on any atom is -0.349 e. The zero-order valence-corrected chi connectivity index (χ0v) is 16.2. The van der Waals surface area contributed by atoms with Gasteiger partial charge in [-0.05, 0) is 49.6 Å². The number of anilines is 1. The van der Waals surface area contributed by atoms with Crippen LogP contribution in [0.5, 0.6) is 0 Å². The molecule has 27 heavy (non-hydrogen) atoms. The third kappa shape index (κ3) is 5.55. The van der Waals surface area contributed by atoms with Gasteiger partial charge in [-0.25, -0.2) is 0 Å². The van der Waals surface area contributed by atoms with Gasteiger partial charge in [-0.2, -0.15) is 0 Å². The lowest BCUT2D eigenvalue weighted by molar-refractivity contribution is -0.117. The summed E-state index contributed by atoms with van der Waals surface area (Å²) < 4.78 is 0. The van der Waals surface area contributed by atoms with E-state index in [-0.39, 0.29) is 30.3 Å². The Labute approximate surface area is 166 Å². The number of halogens is 1. The second-order valence-electron chi connectivity index (χ2n) is 6.91. The van der Waals surface area contributed by atoms with E-state index in [0.717, 1.165) is 24.0 Å². The standard InChI is InChI=1S/C21H25N3O2.ClH/c1-14-6-8-15(9-7-14)19(22)21(26)24-18-12-10-16(11-13-18)20(25)23-17-4-2-3-5-17;/h6-13,17,19H,2-5,22H2,1H3,(H,23,25)(H,24,26);1H. The van der Waals surface area contributed by atoms with Gasteiger partial charge in [0.2, 0.25) is 5.91 Å². The van der Waals surface area contributed by atoms with Crippen LogP contribution in [0.15, 0.2) is 48.5 Å². The number of nitrogens with one attached hydrogen (secondary N) is 2. The van der Waals surface area contributed by atoms with Gasteiger partial charge in [-0.15, -0.1) is 12.4 Å². The summed E-state index contributed by atoms with van der Waals surface area (Å²) in [4.78, 5) is 24.6. The lowest BCUT2D eigenvalue weighted by Gasteiger charge is -2.14. The molecule has 144 valence electrons. The summed E-state index contributed by atoms with van der Waals surface area (Å²) in [6, 6.07) is 14.0. The molecule has 0 saturated heterocycles. The predicted octanol–water partition coefficient (Wildman–Crippen LogP) is 3.73. The first-order chi connectivity index (χ1) is 12.5. The summed E-state index contributed by atoms with van der Waals surface area (Å²) in [6.45, 7) is 1.99. The lowest BCUT2D eigenvalue weighted by atomic mass is 10.1. The Kier molecular flexibility index (Phi) is 7.39. The van der Waals surface area contributed by atoms with E-state index in [4.69, 9.17) is 5.73 Å². The van der Waals surface area contributed by atoms with E-state index < -0.39 is 6.04 Å². The van der Waals surface area contributed by atoms with E-state index >= 15 is 0 Å². The predicted molar refractivity (Wildman–Crippen MR) is 110 cm³/mol. The molecule has 2 amide bonds. The van der Waals surface area contributed by atoms with E-state index in [2.05, 4.69) is 10.6 Å². The molecular weight excluding hydrogens is 362 g/mol. The van der Waals surface area contributed by atoms with Crippen molar-refractivity contribution in [1.29, 1.82) is 0 Å². The first-order valence-electron chi connectivity index (χ1n) is 9.07. The van der Waals surface area contributed by atoms with Crippen LogP contribution in [0, 0.1) is 6.92 Å². The minimum absolute atomic E-state index is 0. The van der Waals surface area contributed by atoms with Crippen LogP contribution in [0.1, 0.15) is 53.2 Å². The van der Waals surface area contributed by atoms with Crippen LogP contribution in [0.4, 0.5) is 5.69 Å². The molecule has 1 unspecified atom stereocenters. The molecule has 0 aromatic heterocycles. The number of carbonyl (C=O) groups is 2. The van der Waals surface area contributed by atoms with Gasteiger partial charge in [0, 0.05) is 17.3 Å². The number of nitrogens with two attached hydrogens (primary N) is 1. The zero-order valence-electron chi connectivity index (χ0n) is 15.4. The van der Waals surface area contributed by atoms with Gasteiger partial charge in [0.1, 0.15) is 6.04 Å². The van der Waals surface area contributed by atoms with Crippen LogP contribution in [-0.4, -0.2) is 17.9 Å². The highest BCUT2D eigenvalue weighted by Crippen LogP contribution is 2.19. The molecule has 0 heterocycles. The first-order valence-corrected chi connectivity index (χ1v) is 9.07. The monoisotopic (exact) mass is 387 g/mol. The van der Waals surface area contributed by atoms with E-state index in [0.29, 0.717) is 11.3 Å². The highest BCUT2D eigenvalue weighted by molar-refractivity contribution is 5.97. The first kappa shape index (κ1) is 20.9. The molecule has 1 aliphatic rings. The topological polar surface area (TPSA) is 84.2 Å². The van der Waals surface area contributed by atoms with Crippen molar-refractivity contribution in [1.82, 2.24) is 5.32 Å². The average molecular weight is 388 g/mol.